The van der Waals surface area contributed by atoms with E-state index < -0.39 is 6.09 Å². The van der Waals surface area contributed by atoms with E-state index >= 15 is 0 Å². The molecule has 4 nitrogen and oxygen atoms in total. The van der Waals surface area contributed by atoms with Crippen LogP contribution in [0.5, 0.6) is 5.75 Å². The van der Waals surface area contributed by atoms with Gasteiger partial charge in [0.1, 0.15) is 11.9 Å². The number of carboxylic acid groups (broad SMARTS) is 1. The summed E-state index contributed by atoms with van der Waals surface area (Å²) in [6, 6.07) is 8.40. The molecule has 1 aromatic carbocycles. The van der Waals surface area contributed by atoms with E-state index in [0.717, 1.165) is 31.4 Å². The Kier molecular flexibility index (Phi) is 4.60. The number of hydrogen-bond donors (Lipinski definition) is 1. The molecule has 3 atom stereocenters. The predicted molar refractivity (Wildman–Crippen MR) is 90.6 cm³/mol. The standard InChI is InChI=1S/C19H25NO3/c1-13(2)3-4-14-5-9-17(10-6-14)23-18-11-15-7-8-16(12-18)20(15)19(21)22/h3-6,9-10,13,15-16,18H,7-8,11-12H2,1-2H3,(H,21,22)/b4-3+/t15-,16+,18?. The Morgan fingerprint density at radius 1 is 1.22 bits per heavy atom. The third kappa shape index (κ3) is 3.69. The van der Waals surface area contributed by atoms with Crippen molar-refractivity contribution in [2.24, 2.45) is 5.92 Å². The maximum Gasteiger partial charge on any atom is 0.407 e. The zero-order valence-corrected chi connectivity index (χ0v) is 13.8. The minimum atomic E-state index is -0.780. The quantitative estimate of drug-likeness (QED) is 0.895. The minimum Gasteiger partial charge on any atom is -0.490 e. The molecule has 0 radical (unpaired) electrons. The molecule has 124 valence electrons. The van der Waals surface area contributed by atoms with Crippen LogP contribution >= 0.6 is 0 Å². The minimum absolute atomic E-state index is 0.125. The van der Waals surface area contributed by atoms with Gasteiger partial charge < -0.3 is 14.7 Å². The molecule has 0 spiro atoms. The van der Waals surface area contributed by atoms with E-state index in [2.05, 4.69) is 38.1 Å². The van der Waals surface area contributed by atoms with Crippen LogP contribution in [-0.4, -0.2) is 34.3 Å². The molecule has 3 rings (SSSR count). The molecule has 0 saturated carbocycles. The van der Waals surface area contributed by atoms with Gasteiger partial charge in [0, 0.05) is 24.9 Å². The number of fused-ring (bicyclic) bond motifs is 2. The lowest BCUT2D eigenvalue weighted by molar-refractivity contribution is 0.0496. The number of rotatable bonds is 4. The number of allylic oxidation sites excluding steroid dienone is 1. The van der Waals surface area contributed by atoms with Crippen LogP contribution in [0.15, 0.2) is 30.3 Å². The van der Waals surface area contributed by atoms with Gasteiger partial charge in [-0.3, -0.25) is 0 Å². The highest BCUT2D eigenvalue weighted by atomic mass is 16.5. The van der Waals surface area contributed by atoms with Gasteiger partial charge in [0.2, 0.25) is 0 Å². The average Bonchev–Trinajstić information content (AvgIpc) is 2.78. The lowest BCUT2D eigenvalue weighted by atomic mass is 10.00. The maximum atomic E-state index is 11.3. The number of carbonyl (C=O) groups is 1. The fourth-order valence-corrected chi connectivity index (χ4v) is 3.69. The molecule has 2 fully saturated rings. The third-order valence-electron chi connectivity index (χ3n) is 4.77. The Bertz CT molecular complexity index is 565. The Morgan fingerprint density at radius 3 is 2.35 bits per heavy atom. The van der Waals surface area contributed by atoms with Crippen molar-refractivity contribution >= 4 is 12.2 Å². The van der Waals surface area contributed by atoms with Crippen LogP contribution in [-0.2, 0) is 0 Å². The number of piperidine rings is 1. The fraction of sp³-hybridized carbons (Fsp3) is 0.526. The monoisotopic (exact) mass is 315 g/mol. The van der Waals surface area contributed by atoms with Crippen LogP contribution in [0.3, 0.4) is 0 Å². The van der Waals surface area contributed by atoms with Gasteiger partial charge >= 0.3 is 6.09 Å². The van der Waals surface area contributed by atoms with Crippen LogP contribution in [0.4, 0.5) is 4.79 Å². The highest BCUT2D eigenvalue weighted by molar-refractivity contribution is 5.66. The summed E-state index contributed by atoms with van der Waals surface area (Å²) in [5, 5.41) is 9.29. The molecule has 1 aromatic rings. The van der Waals surface area contributed by atoms with Gasteiger partial charge in [-0.25, -0.2) is 4.79 Å². The third-order valence-corrected chi connectivity index (χ3v) is 4.77. The van der Waals surface area contributed by atoms with Crippen molar-refractivity contribution in [2.45, 2.75) is 57.7 Å². The zero-order valence-electron chi connectivity index (χ0n) is 13.8. The van der Waals surface area contributed by atoms with Gasteiger partial charge in [-0.05, 0) is 36.5 Å². The van der Waals surface area contributed by atoms with Crippen molar-refractivity contribution in [3.8, 4) is 5.75 Å². The second-order valence-corrected chi connectivity index (χ2v) is 6.96. The largest absolute Gasteiger partial charge is 0.490 e. The molecular formula is C19H25NO3. The average molecular weight is 315 g/mol. The van der Waals surface area contributed by atoms with Crippen molar-refractivity contribution in [2.75, 3.05) is 0 Å². The molecule has 2 aliphatic heterocycles. The molecule has 1 N–H and O–H groups in total. The summed E-state index contributed by atoms with van der Waals surface area (Å²) in [6.07, 6.45) is 7.19. The van der Waals surface area contributed by atoms with E-state index in [1.165, 1.54) is 5.56 Å². The first-order valence-corrected chi connectivity index (χ1v) is 8.49. The molecule has 0 aliphatic carbocycles. The van der Waals surface area contributed by atoms with E-state index in [4.69, 9.17) is 4.74 Å². The zero-order chi connectivity index (χ0) is 16.4. The summed E-state index contributed by atoms with van der Waals surface area (Å²) >= 11 is 0. The topological polar surface area (TPSA) is 49.8 Å². The Balaban J connectivity index is 1.60. The highest BCUT2D eigenvalue weighted by Crippen LogP contribution is 2.37. The van der Waals surface area contributed by atoms with E-state index in [1.54, 1.807) is 4.90 Å². The lowest BCUT2D eigenvalue weighted by Gasteiger charge is -2.37. The molecule has 2 bridgehead atoms. The molecular weight excluding hydrogens is 290 g/mol. The number of nitrogens with zero attached hydrogens (tertiary/aromatic N) is 1. The predicted octanol–water partition coefficient (Wildman–Crippen LogP) is 4.41. The summed E-state index contributed by atoms with van der Waals surface area (Å²) in [5.41, 5.74) is 1.17. The molecule has 1 unspecified atom stereocenters. The van der Waals surface area contributed by atoms with Crippen molar-refractivity contribution in [3.63, 3.8) is 0 Å². The normalized spacial score (nSPS) is 26.9. The van der Waals surface area contributed by atoms with E-state index in [9.17, 15) is 9.90 Å². The lowest BCUT2D eigenvalue weighted by Crippen LogP contribution is -2.48. The Labute approximate surface area is 137 Å². The van der Waals surface area contributed by atoms with Crippen molar-refractivity contribution < 1.29 is 14.6 Å². The summed E-state index contributed by atoms with van der Waals surface area (Å²) in [7, 11) is 0. The molecule has 2 heterocycles. The summed E-state index contributed by atoms with van der Waals surface area (Å²) in [4.78, 5) is 12.9. The molecule has 4 heteroatoms. The molecule has 1 amide bonds. The van der Waals surface area contributed by atoms with E-state index in [1.807, 2.05) is 12.1 Å². The summed E-state index contributed by atoms with van der Waals surface area (Å²) < 4.78 is 6.10. The second kappa shape index (κ2) is 6.65. The van der Waals surface area contributed by atoms with Gasteiger partial charge in [-0.1, -0.05) is 38.1 Å². The highest BCUT2D eigenvalue weighted by Gasteiger charge is 2.44. The first-order valence-electron chi connectivity index (χ1n) is 8.49. The fourth-order valence-electron chi connectivity index (χ4n) is 3.69. The number of benzene rings is 1. The first kappa shape index (κ1) is 15.9. The van der Waals surface area contributed by atoms with E-state index in [-0.39, 0.29) is 18.2 Å². The smallest absolute Gasteiger partial charge is 0.407 e. The van der Waals surface area contributed by atoms with Crippen LogP contribution in [0.25, 0.3) is 6.08 Å². The van der Waals surface area contributed by atoms with Gasteiger partial charge in [0.15, 0.2) is 0 Å². The van der Waals surface area contributed by atoms with Gasteiger partial charge in [-0.2, -0.15) is 0 Å². The Morgan fingerprint density at radius 2 is 1.83 bits per heavy atom. The molecule has 2 aliphatic rings. The number of amides is 1. The van der Waals surface area contributed by atoms with Crippen molar-refractivity contribution in [3.05, 3.63) is 35.9 Å². The van der Waals surface area contributed by atoms with Crippen molar-refractivity contribution in [1.82, 2.24) is 4.90 Å². The van der Waals surface area contributed by atoms with Crippen molar-refractivity contribution in [1.29, 1.82) is 0 Å². The van der Waals surface area contributed by atoms with Gasteiger partial charge in [0.25, 0.3) is 0 Å². The van der Waals surface area contributed by atoms with Crippen LogP contribution in [0, 0.1) is 5.92 Å². The number of ether oxygens (including phenoxy) is 1. The maximum absolute atomic E-state index is 11.3. The summed E-state index contributed by atoms with van der Waals surface area (Å²) in [5.74, 6) is 1.42. The van der Waals surface area contributed by atoms with Crippen LogP contribution in [0.1, 0.15) is 45.1 Å². The molecule has 23 heavy (non-hydrogen) atoms. The van der Waals surface area contributed by atoms with Crippen LogP contribution in [0.2, 0.25) is 0 Å². The van der Waals surface area contributed by atoms with Gasteiger partial charge in [0.05, 0.1) is 0 Å². The molecule has 2 saturated heterocycles. The number of hydrogen-bond acceptors (Lipinski definition) is 2. The SMILES string of the molecule is CC(C)/C=C/c1ccc(OC2C[C@H]3CC[C@@H](C2)N3C(=O)O)cc1. The second-order valence-electron chi connectivity index (χ2n) is 6.96. The first-order chi connectivity index (χ1) is 11.0. The van der Waals surface area contributed by atoms with Gasteiger partial charge in [-0.15, -0.1) is 0 Å². The van der Waals surface area contributed by atoms with Crippen LogP contribution < -0.4 is 4.74 Å². The van der Waals surface area contributed by atoms with E-state index in [0.29, 0.717) is 5.92 Å². The summed E-state index contributed by atoms with van der Waals surface area (Å²) in [6.45, 7) is 4.32. The molecule has 0 aromatic heterocycles. The Hall–Kier alpha value is -1.97.